The van der Waals surface area contributed by atoms with E-state index in [4.69, 9.17) is 10.5 Å². The highest BCUT2D eigenvalue weighted by Gasteiger charge is 2.24. The number of pyridine rings is 1. The monoisotopic (exact) mass is 505 g/mol. The van der Waals surface area contributed by atoms with Crippen molar-refractivity contribution in [1.82, 2.24) is 9.88 Å². The van der Waals surface area contributed by atoms with Crippen LogP contribution in [-0.2, 0) is 10.8 Å². The molecule has 3 rings (SSSR count). The lowest BCUT2D eigenvalue weighted by Gasteiger charge is -2.17. The van der Waals surface area contributed by atoms with Gasteiger partial charge in [-0.2, -0.15) is 15.5 Å². The Morgan fingerprint density at radius 1 is 1.00 bits per heavy atom. The van der Waals surface area contributed by atoms with Crippen molar-refractivity contribution < 1.29 is 13.6 Å². The van der Waals surface area contributed by atoms with Gasteiger partial charge in [0.05, 0.1) is 40.3 Å². The highest BCUT2D eigenvalue weighted by molar-refractivity contribution is 6.00. The SMILES string of the molecule is CC(C)(C#N)c1cc(F)c2c(=O)[nH]ccc2c1.Cc1cc(C(C)(C)C#N)cc(F)c1C(=O)N=CN(C)C. The largest absolute Gasteiger partial charge is 0.369 e. The first-order valence-corrected chi connectivity index (χ1v) is 11.3. The van der Waals surface area contributed by atoms with Crippen LogP contribution in [0.2, 0.25) is 0 Å². The summed E-state index contributed by atoms with van der Waals surface area (Å²) in [5, 5.41) is 18.6. The van der Waals surface area contributed by atoms with E-state index in [0.717, 1.165) is 0 Å². The molecule has 0 fully saturated rings. The number of hydrogen-bond donors (Lipinski definition) is 1. The summed E-state index contributed by atoms with van der Waals surface area (Å²) in [7, 11) is 3.44. The van der Waals surface area contributed by atoms with Gasteiger partial charge in [-0.05, 0) is 81.0 Å². The van der Waals surface area contributed by atoms with E-state index < -0.39 is 33.9 Å². The number of carbonyl (C=O) groups excluding carboxylic acids is 1. The minimum Gasteiger partial charge on any atom is -0.369 e. The molecule has 192 valence electrons. The zero-order valence-electron chi connectivity index (χ0n) is 21.9. The van der Waals surface area contributed by atoms with Gasteiger partial charge >= 0.3 is 0 Å². The van der Waals surface area contributed by atoms with Gasteiger partial charge in [0.15, 0.2) is 0 Å². The fourth-order valence-electron chi connectivity index (χ4n) is 3.38. The van der Waals surface area contributed by atoms with Crippen molar-refractivity contribution >= 4 is 23.0 Å². The van der Waals surface area contributed by atoms with Gasteiger partial charge in [0, 0.05) is 20.3 Å². The number of nitriles is 2. The number of halogens is 2. The Hall–Kier alpha value is -4.37. The van der Waals surface area contributed by atoms with Crippen LogP contribution < -0.4 is 5.56 Å². The van der Waals surface area contributed by atoms with Crippen molar-refractivity contribution in [2.24, 2.45) is 4.99 Å². The van der Waals surface area contributed by atoms with Gasteiger partial charge < -0.3 is 9.88 Å². The topological polar surface area (TPSA) is 113 Å². The molecule has 2 aromatic carbocycles. The maximum absolute atomic E-state index is 14.1. The number of hydrogen-bond acceptors (Lipinski definition) is 4. The lowest BCUT2D eigenvalue weighted by molar-refractivity contribution is 0.0998. The fraction of sp³-hybridized carbons (Fsp3) is 0.321. The van der Waals surface area contributed by atoms with Crippen molar-refractivity contribution in [3.05, 3.63) is 80.8 Å². The molecule has 0 bridgehead atoms. The second-order valence-corrected chi connectivity index (χ2v) is 9.87. The molecule has 7 nitrogen and oxygen atoms in total. The molecule has 0 saturated carbocycles. The van der Waals surface area contributed by atoms with E-state index >= 15 is 0 Å². The van der Waals surface area contributed by atoms with Crippen LogP contribution in [0.3, 0.4) is 0 Å². The molecule has 0 spiro atoms. The van der Waals surface area contributed by atoms with E-state index in [1.807, 2.05) is 0 Å². The zero-order valence-corrected chi connectivity index (χ0v) is 21.9. The van der Waals surface area contributed by atoms with Gasteiger partial charge in [-0.15, -0.1) is 0 Å². The molecule has 1 aromatic heterocycles. The second-order valence-electron chi connectivity index (χ2n) is 9.87. The normalized spacial score (nSPS) is 11.4. The molecule has 0 saturated heterocycles. The lowest BCUT2D eigenvalue weighted by Crippen LogP contribution is -2.16. The zero-order chi connectivity index (χ0) is 28.1. The van der Waals surface area contributed by atoms with E-state index in [-0.39, 0.29) is 10.9 Å². The molecule has 0 radical (unpaired) electrons. The maximum Gasteiger partial charge on any atom is 0.281 e. The summed E-state index contributed by atoms with van der Waals surface area (Å²) in [5.41, 5.74) is -0.512. The molecule has 0 unspecified atom stereocenters. The summed E-state index contributed by atoms with van der Waals surface area (Å²) in [4.78, 5) is 31.1. The van der Waals surface area contributed by atoms with Gasteiger partial charge in [0.25, 0.3) is 11.5 Å². The van der Waals surface area contributed by atoms with E-state index in [2.05, 4.69) is 22.1 Å². The predicted molar refractivity (Wildman–Crippen MR) is 139 cm³/mol. The summed E-state index contributed by atoms with van der Waals surface area (Å²) in [6.07, 6.45) is 2.79. The Balaban J connectivity index is 0.000000263. The van der Waals surface area contributed by atoms with E-state index in [0.29, 0.717) is 22.1 Å². The van der Waals surface area contributed by atoms with Crippen LogP contribution in [0.25, 0.3) is 10.8 Å². The van der Waals surface area contributed by atoms with Gasteiger partial charge in [-0.25, -0.2) is 8.78 Å². The Morgan fingerprint density at radius 2 is 1.54 bits per heavy atom. The number of nitrogens with zero attached hydrogens (tertiary/aromatic N) is 4. The molecule has 37 heavy (non-hydrogen) atoms. The Morgan fingerprint density at radius 3 is 2.05 bits per heavy atom. The number of aliphatic imine (C=N–C) groups is 1. The number of aromatic amines is 1. The molecule has 1 N–H and O–H groups in total. The average Bonchev–Trinajstić information content (AvgIpc) is 2.82. The van der Waals surface area contributed by atoms with E-state index in [1.54, 1.807) is 71.8 Å². The first-order chi connectivity index (χ1) is 17.1. The van der Waals surface area contributed by atoms with Crippen molar-refractivity contribution in [3.63, 3.8) is 0 Å². The van der Waals surface area contributed by atoms with Crippen LogP contribution in [0.5, 0.6) is 0 Å². The van der Waals surface area contributed by atoms with Crippen molar-refractivity contribution in [2.45, 2.75) is 45.4 Å². The van der Waals surface area contributed by atoms with E-state index in [1.165, 1.54) is 24.7 Å². The molecule has 1 amide bonds. The highest BCUT2D eigenvalue weighted by atomic mass is 19.1. The number of rotatable bonds is 4. The summed E-state index contributed by atoms with van der Waals surface area (Å²) < 4.78 is 28.0. The third-order valence-electron chi connectivity index (χ3n) is 5.73. The highest BCUT2D eigenvalue weighted by Crippen LogP contribution is 2.28. The molecule has 0 aliphatic rings. The Kier molecular flexibility index (Phi) is 8.68. The standard InChI is InChI=1S/C15H18FN3O.C13H11FN2O/c1-10-6-11(15(2,3)8-17)7-12(16)13(10)14(20)18-9-19(4)5;1-13(2,7-15)9-5-8-3-4-16-12(17)11(8)10(14)6-9/h6-7,9H,1-5H3;3-6H,1-2H3,(H,16,17). The van der Waals surface area contributed by atoms with Crippen LogP contribution in [0.1, 0.15) is 54.7 Å². The number of H-pyrrole nitrogens is 1. The molecule has 9 heteroatoms. The van der Waals surface area contributed by atoms with Crippen LogP contribution >= 0.6 is 0 Å². The first kappa shape index (κ1) is 28.9. The minimum atomic E-state index is -0.805. The van der Waals surface area contributed by atoms with Gasteiger partial charge in [0.1, 0.15) is 11.6 Å². The number of nitrogens with one attached hydrogen (secondary N) is 1. The number of aromatic nitrogens is 1. The van der Waals surface area contributed by atoms with Crippen molar-refractivity contribution in [1.29, 1.82) is 10.5 Å². The third kappa shape index (κ3) is 6.65. The number of benzene rings is 2. The van der Waals surface area contributed by atoms with Gasteiger partial charge in [0.2, 0.25) is 0 Å². The lowest BCUT2D eigenvalue weighted by atomic mass is 9.84. The molecule has 0 aliphatic heterocycles. The molecule has 3 aromatic rings. The number of aryl methyl sites for hydroxylation is 1. The van der Waals surface area contributed by atoms with Crippen LogP contribution in [0.4, 0.5) is 8.78 Å². The summed E-state index contributed by atoms with van der Waals surface area (Å²) >= 11 is 0. The smallest absolute Gasteiger partial charge is 0.281 e. The first-order valence-electron chi connectivity index (χ1n) is 11.3. The summed E-state index contributed by atoms with van der Waals surface area (Å²) in [5.74, 6) is -1.87. The van der Waals surface area contributed by atoms with Crippen LogP contribution in [0.15, 0.2) is 46.3 Å². The average molecular weight is 506 g/mol. The Labute approximate surface area is 214 Å². The molecule has 0 aliphatic carbocycles. The molecule has 1 heterocycles. The van der Waals surface area contributed by atoms with Crippen LogP contribution in [0, 0.1) is 41.2 Å². The van der Waals surface area contributed by atoms with Crippen LogP contribution in [-0.4, -0.2) is 36.2 Å². The van der Waals surface area contributed by atoms with Gasteiger partial charge in [-0.1, -0.05) is 6.07 Å². The van der Waals surface area contributed by atoms with Gasteiger partial charge in [-0.3, -0.25) is 9.59 Å². The number of carbonyl (C=O) groups is 1. The second kappa shape index (κ2) is 11.1. The molecular weight excluding hydrogens is 476 g/mol. The maximum atomic E-state index is 14.1. The summed E-state index contributed by atoms with van der Waals surface area (Å²) in [6.45, 7) is 8.46. The van der Waals surface area contributed by atoms with Crippen molar-refractivity contribution in [2.75, 3.05) is 14.1 Å². The molecular formula is C28H29F2N5O2. The number of amides is 1. The third-order valence-corrected chi connectivity index (χ3v) is 5.73. The quantitative estimate of drug-likeness (QED) is 0.390. The number of fused-ring (bicyclic) bond motifs is 1. The van der Waals surface area contributed by atoms with E-state index in [9.17, 15) is 18.4 Å². The molecule has 0 atom stereocenters. The Bertz CT molecular complexity index is 1480. The van der Waals surface area contributed by atoms with Crippen molar-refractivity contribution in [3.8, 4) is 12.1 Å². The predicted octanol–water partition coefficient (Wildman–Crippen LogP) is 5.13. The fourth-order valence-corrected chi connectivity index (χ4v) is 3.38. The summed E-state index contributed by atoms with van der Waals surface area (Å²) in [6, 6.07) is 11.7. The minimum absolute atomic E-state index is 0.0324.